The Bertz CT molecular complexity index is 465. The van der Waals surface area contributed by atoms with E-state index in [4.69, 9.17) is 11.1 Å². The van der Waals surface area contributed by atoms with E-state index in [1.165, 1.54) is 6.20 Å². The van der Waals surface area contributed by atoms with E-state index in [2.05, 4.69) is 14.7 Å². The van der Waals surface area contributed by atoms with Crippen molar-refractivity contribution in [2.24, 2.45) is 5.73 Å². The maximum absolute atomic E-state index is 11.6. The highest BCUT2D eigenvalue weighted by Crippen LogP contribution is 2.04. The minimum Gasteiger partial charge on any atom is -0.388 e. The van der Waals surface area contributed by atoms with Gasteiger partial charge in [-0.1, -0.05) is 0 Å². The second-order valence-corrected chi connectivity index (χ2v) is 5.09. The molecule has 0 aliphatic carbocycles. The maximum atomic E-state index is 11.6. The van der Waals surface area contributed by atoms with Crippen LogP contribution in [0.25, 0.3) is 0 Å². The normalized spacial score (nSPS) is 11.6. The number of sulfonamides is 1. The zero-order valence-electron chi connectivity index (χ0n) is 8.95. The summed E-state index contributed by atoms with van der Waals surface area (Å²) in [5, 5.41) is 7.03. The first-order valence-electron chi connectivity index (χ1n) is 4.76. The SMILES string of the molecule is Cc1ncc(S(=O)(=O)NCCCC(=N)N)[nH]1. The second-order valence-electron chi connectivity index (χ2n) is 3.36. The first kappa shape index (κ1) is 12.7. The molecule has 1 heterocycles. The third-order valence-corrected chi connectivity index (χ3v) is 3.25. The van der Waals surface area contributed by atoms with Gasteiger partial charge in [-0.05, 0) is 13.3 Å². The smallest absolute Gasteiger partial charge is 0.257 e. The summed E-state index contributed by atoms with van der Waals surface area (Å²) in [5.74, 6) is 0.598. The van der Waals surface area contributed by atoms with E-state index >= 15 is 0 Å². The van der Waals surface area contributed by atoms with Crippen LogP contribution in [-0.2, 0) is 10.0 Å². The molecule has 0 unspecified atom stereocenters. The van der Waals surface area contributed by atoms with Crippen LogP contribution < -0.4 is 10.5 Å². The van der Waals surface area contributed by atoms with Crippen molar-refractivity contribution >= 4 is 15.9 Å². The van der Waals surface area contributed by atoms with Crippen molar-refractivity contribution in [3.8, 4) is 0 Å². The van der Waals surface area contributed by atoms with Crippen LogP contribution in [-0.4, -0.2) is 30.8 Å². The molecule has 0 saturated carbocycles. The molecule has 0 atom stereocenters. The molecule has 5 N–H and O–H groups in total. The number of nitrogens with one attached hydrogen (secondary N) is 3. The van der Waals surface area contributed by atoms with Crippen LogP contribution in [0.4, 0.5) is 0 Å². The Labute approximate surface area is 94.0 Å². The standard InChI is InChI=1S/C8H15N5O2S/c1-6-11-5-8(13-6)16(14,15)12-4-2-3-7(9)10/h5,12H,2-4H2,1H3,(H3,9,10)(H,11,13). The highest BCUT2D eigenvalue weighted by molar-refractivity contribution is 7.89. The van der Waals surface area contributed by atoms with Crippen LogP contribution in [0.15, 0.2) is 11.2 Å². The average molecular weight is 245 g/mol. The lowest BCUT2D eigenvalue weighted by Gasteiger charge is -2.03. The van der Waals surface area contributed by atoms with Gasteiger partial charge in [0.2, 0.25) is 0 Å². The zero-order valence-corrected chi connectivity index (χ0v) is 9.76. The van der Waals surface area contributed by atoms with Gasteiger partial charge in [0, 0.05) is 13.0 Å². The van der Waals surface area contributed by atoms with Gasteiger partial charge >= 0.3 is 0 Å². The first-order chi connectivity index (χ1) is 7.42. The van der Waals surface area contributed by atoms with Crippen LogP contribution in [0, 0.1) is 12.3 Å². The Morgan fingerprint density at radius 3 is 2.88 bits per heavy atom. The van der Waals surface area contributed by atoms with Crippen molar-refractivity contribution in [1.82, 2.24) is 14.7 Å². The number of aromatic nitrogens is 2. The Balaban J connectivity index is 2.50. The van der Waals surface area contributed by atoms with Crippen LogP contribution >= 0.6 is 0 Å². The maximum Gasteiger partial charge on any atom is 0.257 e. The van der Waals surface area contributed by atoms with Crippen LogP contribution in [0.1, 0.15) is 18.7 Å². The number of H-pyrrole nitrogens is 1. The van der Waals surface area contributed by atoms with E-state index in [1.54, 1.807) is 6.92 Å². The molecule has 0 aliphatic rings. The van der Waals surface area contributed by atoms with Gasteiger partial charge in [0.1, 0.15) is 5.82 Å². The van der Waals surface area contributed by atoms with E-state index in [9.17, 15) is 8.42 Å². The number of nitrogens with two attached hydrogens (primary N) is 1. The van der Waals surface area contributed by atoms with Crippen molar-refractivity contribution in [2.75, 3.05) is 6.54 Å². The van der Waals surface area contributed by atoms with Gasteiger partial charge in [0.25, 0.3) is 10.0 Å². The monoisotopic (exact) mass is 245 g/mol. The molecule has 90 valence electrons. The fourth-order valence-electron chi connectivity index (χ4n) is 1.10. The predicted octanol–water partition coefficient (Wildman–Crippen LogP) is -0.287. The summed E-state index contributed by atoms with van der Waals surface area (Å²) in [7, 11) is -3.52. The molecule has 0 saturated heterocycles. The minimum atomic E-state index is -3.52. The predicted molar refractivity (Wildman–Crippen MR) is 59.7 cm³/mol. The highest BCUT2D eigenvalue weighted by Gasteiger charge is 2.15. The number of imidazole rings is 1. The molecule has 1 aromatic rings. The summed E-state index contributed by atoms with van der Waals surface area (Å²) in [6, 6.07) is 0. The summed E-state index contributed by atoms with van der Waals surface area (Å²) < 4.78 is 25.6. The average Bonchev–Trinajstić information content (AvgIpc) is 2.60. The first-order valence-corrected chi connectivity index (χ1v) is 6.24. The van der Waals surface area contributed by atoms with E-state index in [0.717, 1.165) is 0 Å². The topological polar surface area (TPSA) is 125 Å². The van der Waals surface area contributed by atoms with E-state index in [0.29, 0.717) is 18.7 Å². The Morgan fingerprint density at radius 1 is 1.69 bits per heavy atom. The summed E-state index contributed by atoms with van der Waals surface area (Å²) >= 11 is 0. The molecule has 0 bridgehead atoms. The van der Waals surface area contributed by atoms with Crippen LogP contribution in [0.3, 0.4) is 0 Å². The summed E-state index contributed by atoms with van der Waals surface area (Å²) in [5.41, 5.74) is 5.15. The number of rotatable bonds is 6. The Morgan fingerprint density at radius 2 is 2.38 bits per heavy atom. The van der Waals surface area contributed by atoms with Gasteiger partial charge < -0.3 is 10.7 Å². The van der Waals surface area contributed by atoms with E-state index in [-0.39, 0.29) is 17.4 Å². The highest BCUT2D eigenvalue weighted by atomic mass is 32.2. The molecule has 0 radical (unpaired) electrons. The molecule has 1 aromatic heterocycles. The van der Waals surface area contributed by atoms with Crippen molar-refractivity contribution in [2.45, 2.75) is 24.8 Å². The third kappa shape index (κ3) is 3.63. The molecule has 1 rings (SSSR count). The number of hydrogen-bond acceptors (Lipinski definition) is 4. The fourth-order valence-corrected chi connectivity index (χ4v) is 2.14. The molecule has 7 nitrogen and oxygen atoms in total. The molecule has 16 heavy (non-hydrogen) atoms. The molecule has 0 fully saturated rings. The van der Waals surface area contributed by atoms with Gasteiger partial charge in [-0.3, -0.25) is 5.41 Å². The lowest BCUT2D eigenvalue weighted by atomic mass is 10.3. The second kappa shape index (κ2) is 5.08. The molecule has 0 spiro atoms. The Hall–Kier alpha value is -1.41. The largest absolute Gasteiger partial charge is 0.388 e. The molecule has 8 heteroatoms. The summed E-state index contributed by atoms with van der Waals surface area (Å²) in [6.07, 6.45) is 2.15. The van der Waals surface area contributed by atoms with Gasteiger partial charge in [-0.2, -0.15) is 0 Å². The lowest BCUT2D eigenvalue weighted by Crippen LogP contribution is -2.26. The summed E-state index contributed by atoms with van der Waals surface area (Å²) in [6.45, 7) is 1.93. The zero-order chi connectivity index (χ0) is 12.2. The molecule has 0 aliphatic heterocycles. The number of aromatic amines is 1. The van der Waals surface area contributed by atoms with E-state index in [1.807, 2.05) is 0 Å². The third-order valence-electron chi connectivity index (χ3n) is 1.88. The van der Waals surface area contributed by atoms with Gasteiger partial charge in [0.15, 0.2) is 5.03 Å². The Kier molecular flexibility index (Phi) is 4.02. The quantitative estimate of drug-likeness (QED) is 0.312. The number of amidine groups is 1. The van der Waals surface area contributed by atoms with Gasteiger partial charge in [0.05, 0.1) is 12.0 Å². The van der Waals surface area contributed by atoms with Crippen molar-refractivity contribution in [3.63, 3.8) is 0 Å². The molecule has 0 amide bonds. The van der Waals surface area contributed by atoms with Crippen LogP contribution in [0.5, 0.6) is 0 Å². The molecular weight excluding hydrogens is 230 g/mol. The number of nitrogens with zero attached hydrogens (tertiary/aromatic N) is 1. The molecule has 0 aromatic carbocycles. The van der Waals surface area contributed by atoms with Gasteiger partial charge in [-0.25, -0.2) is 18.1 Å². The summed E-state index contributed by atoms with van der Waals surface area (Å²) in [4.78, 5) is 6.45. The fraction of sp³-hybridized carbons (Fsp3) is 0.500. The van der Waals surface area contributed by atoms with Crippen molar-refractivity contribution in [1.29, 1.82) is 5.41 Å². The van der Waals surface area contributed by atoms with Crippen molar-refractivity contribution in [3.05, 3.63) is 12.0 Å². The molecular formula is C8H15N5O2S. The minimum absolute atomic E-state index is 0.0489. The van der Waals surface area contributed by atoms with Crippen molar-refractivity contribution < 1.29 is 8.42 Å². The number of hydrogen-bond donors (Lipinski definition) is 4. The van der Waals surface area contributed by atoms with E-state index < -0.39 is 10.0 Å². The van der Waals surface area contributed by atoms with Crippen LogP contribution in [0.2, 0.25) is 0 Å². The lowest BCUT2D eigenvalue weighted by molar-refractivity contribution is 0.576. The number of aryl methyl sites for hydroxylation is 1. The van der Waals surface area contributed by atoms with Gasteiger partial charge in [-0.15, -0.1) is 0 Å².